The van der Waals surface area contributed by atoms with Gasteiger partial charge in [0, 0.05) is 17.4 Å². The van der Waals surface area contributed by atoms with Crippen molar-refractivity contribution in [2.45, 2.75) is 25.7 Å². The predicted molar refractivity (Wildman–Crippen MR) is 79.5 cm³/mol. The summed E-state index contributed by atoms with van der Waals surface area (Å²) in [6.07, 6.45) is 4.16. The monoisotopic (exact) mass is 303 g/mol. The van der Waals surface area contributed by atoms with E-state index >= 15 is 0 Å². The van der Waals surface area contributed by atoms with E-state index in [2.05, 4.69) is 5.32 Å². The van der Waals surface area contributed by atoms with Crippen molar-refractivity contribution in [2.75, 3.05) is 19.5 Å². The maximum atomic E-state index is 12.0. The molecule has 5 heteroatoms. The minimum atomic E-state index is -0.133. The highest BCUT2D eigenvalue weighted by atomic mass is 35.5. The standard InChI is InChI=1S/C14H19Cl2NO2/c1-19-13-10-11(16)6-7-12(13)14(18)17-9-5-3-2-4-8-15/h6-7,10H,2-5,8-9H2,1H3,(H,17,18). The summed E-state index contributed by atoms with van der Waals surface area (Å²) in [4.78, 5) is 12.0. The fourth-order valence-electron chi connectivity index (χ4n) is 1.72. The van der Waals surface area contributed by atoms with Crippen molar-refractivity contribution in [3.63, 3.8) is 0 Å². The Bertz CT molecular complexity index is 410. The van der Waals surface area contributed by atoms with Crippen LogP contribution >= 0.6 is 23.2 Å². The largest absolute Gasteiger partial charge is 0.496 e. The van der Waals surface area contributed by atoms with E-state index in [0.717, 1.165) is 25.7 Å². The molecule has 1 aromatic carbocycles. The maximum absolute atomic E-state index is 12.0. The SMILES string of the molecule is COc1cc(Cl)ccc1C(=O)NCCCCCCCl. The van der Waals surface area contributed by atoms with E-state index in [4.69, 9.17) is 27.9 Å². The van der Waals surface area contributed by atoms with Crippen LogP contribution in [0.4, 0.5) is 0 Å². The average molecular weight is 304 g/mol. The summed E-state index contributed by atoms with van der Waals surface area (Å²) < 4.78 is 5.15. The molecular weight excluding hydrogens is 285 g/mol. The molecule has 0 spiro atoms. The van der Waals surface area contributed by atoms with Gasteiger partial charge in [0.15, 0.2) is 0 Å². The summed E-state index contributed by atoms with van der Waals surface area (Å²) in [6, 6.07) is 4.99. The number of methoxy groups -OCH3 is 1. The third kappa shape index (κ3) is 5.70. The van der Waals surface area contributed by atoms with E-state index in [9.17, 15) is 4.79 Å². The van der Waals surface area contributed by atoms with Crippen molar-refractivity contribution in [3.8, 4) is 5.75 Å². The van der Waals surface area contributed by atoms with Crippen LogP contribution in [-0.2, 0) is 0 Å². The molecule has 1 aromatic rings. The third-order valence-corrected chi connectivity index (χ3v) is 3.26. The summed E-state index contributed by atoms with van der Waals surface area (Å²) in [5.41, 5.74) is 0.507. The fourth-order valence-corrected chi connectivity index (χ4v) is 2.07. The Hall–Kier alpha value is -0.930. The number of carbonyl (C=O) groups is 1. The predicted octanol–water partition coefficient (Wildman–Crippen LogP) is 3.88. The quantitative estimate of drug-likeness (QED) is 0.585. The van der Waals surface area contributed by atoms with Crippen molar-refractivity contribution in [2.24, 2.45) is 0 Å². The van der Waals surface area contributed by atoms with Crippen LogP contribution in [0.15, 0.2) is 18.2 Å². The average Bonchev–Trinajstić information content (AvgIpc) is 2.42. The number of rotatable bonds is 8. The number of halogens is 2. The zero-order valence-corrected chi connectivity index (χ0v) is 12.6. The number of ether oxygens (including phenoxy) is 1. The normalized spacial score (nSPS) is 10.3. The van der Waals surface area contributed by atoms with Crippen molar-refractivity contribution in [3.05, 3.63) is 28.8 Å². The van der Waals surface area contributed by atoms with Crippen molar-refractivity contribution < 1.29 is 9.53 Å². The molecule has 106 valence electrons. The zero-order valence-electron chi connectivity index (χ0n) is 11.0. The van der Waals surface area contributed by atoms with E-state index in [1.54, 1.807) is 18.2 Å². The van der Waals surface area contributed by atoms with E-state index in [0.29, 0.717) is 28.8 Å². The van der Waals surface area contributed by atoms with Gasteiger partial charge in [0.05, 0.1) is 12.7 Å². The van der Waals surface area contributed by atoms with E-state index < -0.39 is 0 Å². The fraction of sp³-hybridized carbons (Fsp3) is 0.500. The number of amides is 1. The Labute approximate surface area is 124 Å². The lowest BCUT2D eigenvalue weighted by molar-refractivity contribution is 0.0950. The van der Waals surface area contributed by atoms with Crippen LogP contribution in [0, 0.1) is 0 Å². The van der Waals surface area contributed by atoms with Crippen LogP contribution in [0.25, 0.3) is 0 Å². The van der Waals surface area contributed by atoms with Crippen LogP contribution in [0.1, 0.15) is 36.0 Å². The smallest absolute Gasteiger partial charge is 0.255 e. The molecule has 0 aliphatic rings. The Morgan fingerprint density at radius 3 is 2.68 bits per heavy atom. The molecule has 0 radical (unpaired) electrons. The molecule has 3 nitrogen and oxygen atoms in total. The summed E-state index contributed by atoms with van der Waals surface area (Å²) in [5.74, 6) is 1.06. The highest BCUT2D eigenvalue weighted by Gasteiger charge is 2.11. The maximum Gasteiger partial charge on any atom is 0.255 e. The summed E-state index contributed by atoms with van der Waals surface area (Å²) in [7, 11) is 1.52. The highest BCUT2D eigenvalue weighted by Crippen LogP contribution is 2.22. The molecule has 0 bridgehead atoms. The molecule has 1 rings (SSSR count). The molecule has 0 atom stereocenters. The molecule has 0 saturated carbocycles. The lowest BCUT2D eigenvalue weighted by Crippen LogP contribution is -2.24. The summed E-state index contributed by atoms with van der Waals surface area (Å²) in [6.45, 7) is 0.660. The van der Waals surface area contributed by atoms with Crippen LogP contribution in [0.2, 0.25) is 5.02 Å². The van der Waals surface area contributed by atoms with Gasteiger partial charge in [-0.3, -0.25) is 4.79 Å². The van der Waals surface area contributed by atoms with Gasteiger partial charge in [0.25, 0.3) is 5.91 Å². The molecular formula is C14H19Cl2NO2. The first kappa shape index (κ1) is 16.1. The minimum absolute atomic E-state index is 0.133. The van der Waals surface area contributed by atoms with Gasteiger partial charge >= 0.3 is 0 Å². The van der Waals surface area contributed by atoms with Crippen LogP contribution in [0.3, 0.4) is 0 Å². The Morgan fingerprint density at radius 2 is 2.00 bits per heavy atom. The van der Waals surface area contributed by atoms with Crippen molar-refractivity contribution >= 4 is 29.1 Å². The van der Waals surface area contributed by atoms with Gasteiger partial charge in [-0.2, -0.15) is 0 Å². The number of unbranched alkanes of at least 4 members (excludes halogenated alkanes) is 3. The van der Waals surface area contributed by atoms with Gasteiger partial charge in [-0.05, 0) is 31.0 Å². The number of carbonyl (C=O) groups excluding carboxylic acids is 1. The highest BCUT2D eigenvalue weighted by molar-refractivity contribution is 6.30. The van der Waals surface area contributed by atoms with Crippen LogP contribution in [-0.4, -0.2) is 25.4 Å². The van der Waals surface area contributed by atoms with Gasteiger partial charge < -0.3 is 10.1 Å². The van der Waals surface area contributed by atoms with E-state index in [1.165, 1.54) is 7.11 Å². The number of benzene rings is 1. The van der Waals surface area contributed by atoms with Gasteiger partial charge in [0.1, 0.15) is 5.75 Å². The first-order valence-electron chi connectivity index (χ1n) is 6.36. The van der Waals surface area contributed by atoms with Gasteiger partial charge in [0.2, 0.25) is 0 Å². The van der Waals surface area contributed by atoms with Crippen molar-refractivity contribution in [1.29, 1.82) is 0 Å². The zero-order chi connectivity index (χ0) is 14.1. The molecule has 1 amide bonds. The van der Waals surface area contributed by atoms with E-state index in [1.807, 2.05) is 0 Å². The summed E-state index contributed by atoms with van der Waals surface area (Å²) in [5, 5.41) is 3.43. The third-order valence-electron chi connectivity index (χ3n) is 2.75. The van der Waals surface area contributed by atoms with Crippen LogP contribution < -0.4 is 10.1 Å². The van der Waals surface area contributed by atoms with Crippen LogP contribution in [0.5, 0.6) is 5.75 Å². The van der Waals surface area contributed by atoms with Gasteiger partial charge in [-0.1, -0.05) is 24.4 Å². The van der Waals surface area contributed by atoms with E-state index in [-0.39, 0.29) is 5.91 Å². The molecule has 0 aromatic heterocycles. The second-order valence-corrected chi connectivity index (χ2v) is 5.02. The molecule has 19 heavy (non-hydrogen) atoms. The number of hydrogen-bond acceptors (Lipinski definition) is 2. The molecule has 0 unspecified atom stereocenters. The summed E-state index contributed by atoms with van der Waals surface area (Å²) >= 11 is 11.4. The first-order valence-corrected chi connectivity index (χ1v) is 7.28. The Balaban J connectivity index is 2.41. The first-order chi connectivity index (χ1) is 9.19. The van der Waals surface area contributed by atoms with Gasteiger partial charge in [-0.15, -0.1) is 11.6 Å². The number of alkyl halides is 1. The second kappa shape index (κ2) is 9.05. The molecule has 0 aliphatic heterocycles. The van der Waals surface area contributed by atoms with Crippen molar-refractivity contribution in [1.82, 2.24) is 5.32 Å². The minimum Gasteiger partial charge on any atom is -0.496 e. The molecule has 0 aliphatic carbocycles. The Kier molecular flexibility index (Phi) is 7.68. The van der Waals surface area contributed by atoms with Gasteiger partial charge in [-0.25, -0.2) is 0 Å². The lowest BCUT2D eigenvalue weighted by atomic mass is 10.1. The second-order valence-electron chi connectivity index (χ2n) is 4.20. The Morgan fingerprint density at radius 1 is 1.26 bits per heavy atom. The molecule has 0 fully saturated rings. The number of hydrogen-bond donors (Lipinski definition) is 1. The lowest BCUT2D eigenvalue weighted by Gasteiger charge is -2.09. The molecule has 0 heterocycles. The topological polar surface area (TPSA) is 38.3 Å². The number of nitrogens with one attached hydrogen (secondary N) is 1. The molecule has 0 saturated heterocycles. The molecule has 1 N–H and O–H groups in total.